The van der Waals surface area contributed by atoms with E-state index in [0.29, 0.717) is 6.42 Å². The standard InChI is InChI=1S/C19H28N2O2/c1-3-17(23-18-7-5-4-6-14(18)2)19(22)21-10-8-15-12-20-13-16(15)9-11-21/h4-7,15-17,20H,3,8-13H2,1-2H3/t15-,16+,17?. The van der Waals surface area contributed by atoms with Crippen molar-refractivity contribution < 1.29 is 9.53 Å². The van der Waals surface area contributed by atoms with E-state index >= 15 is 0 Å². The molecule has 0 spiro atoms. The zero-order valence-electron chi connectivity index (χ0n) is 14.3. The zero-order valence-corrected chi connectivity index (χ0v) is 14.3. The van der Waals surface area contributed by atoms with Gasteiger partial charge < -0.3 is 15.0 Å². The molecule has 1 N–H and O–H groups in total. The number of hydrogen-bond donors (Lipinski definition) is 1. The number of aryl methyl sites for hydroxylation is 1. The minimum Gasteiger partial charge on any atom is -0.480 e. The first-order valence-electron chi connectivity index (χ1n) is 8.90. The molecule has 1 aromatic carbocycles. The normalized spacial score (nSPS) is 25.6. The molecule has 2 fully saturated rings. The summed E-state index contributed by atoms with van der Waals surface area (Å²) in [5.41, 5.74) is 1.08. The summed E-state index contributed by atoms with van der Waals surface area (Å²) in [5, 5.41) is 3.48. The van der Waals surface area contributed by atoms with E-state index in [9.17, 15) is 4.79 Å². The van der Waals surface area contributed by atoms with E-state index < -0.39 is 0 Å². The van der Waals surface area contributed by atoms with Crippen LogP contribution in [-0.4, -0.2) is 43.1 Å². The second-order valence-electron chi connectivity index (χ2n) is 6.86. The van der Waals surface area contributed by atoms with Gasteiger partial charge in [0.2, 0.25) is 0 Å². The molecule has 3 atom stereocenters. The molecular formula is C19H28N2O2. The van der Waals surface area contributed by atoms with Crippen LogP contribution in [0.3, 0.4) is 0 Å². The van der Waals surface area contributed by atoms with Crippen LogP contribution in [0.25, 0.3) is 0 Å². The predicted molar refractivity (Wildman–Crippen MR) is 91.5 cm³/mol. The maximum absolute atomic E-state index is 12.9. The Labute approximate surface area is 139 Å². The Bertz CT molecular complexity index is 532. The van der Waals surface area contributed by atoms with Crippen molar-refractivity contribution in [3.05, 3.63) is 29.8 Å². The SMILES string of the molecule is CCC(Oc1ccccc1C)C(=O)N1CC[C@@H]2CNC[C@@H]2CC1. The molecule has 126 valence electrons. The maximum Gasteiger partial charge on any atom is 0.263 e. The smallest absolute Gasteiger partial charge is 0.263 e. The molecule has 2 saturated heterocycles. The molecule has 1 amide bonds. The minimum absolute atomic E-state index is 0.156. The average Bonchev–Trinajstić information content (AvgIpc) is 2.92. The van der Waals surface area contributed by atoms with Crippen molar-refractivity contribution in [1.29, 1.82) is 0 Å². The number of carbonyl (C=O) groups excluding carboxylic acids is 1. The second-order valence-corrected chi connectivity index (χ2v) is 6.86. The van der Waals surface area contributed by atoms with Gasteiger partial charge in [0.05, 0.1) is 0 Å². The van der Waals surface area contributed by atoms with Crippen LogP contribution in [0, 0.1) is 18.8 Å². The third-order valence-electron chi connectivity index (χ3n) is 5.34. The second kappa shape index (κ2) is 7.35. The summed E-state index contributed by atoms with van der Waals surface area (Å²) < 4.78 is 6.04. The van der Waals surface area contributed by atoms with Crippen LogP contribution in [0.15, 0.2) is 24.3 Å². The van der Waals surface area contributed by atoms with Crippen LogP contribution in [0.2, 0.25) is 0 Å². The van der Waals surface area contributed by atoms with Crippen molar-refractivity contribution in [2.45, 2.75) is 39.2 Å². The van der Waals surface area contributed by atoms with Crippen molar-refractivity contribution in [2.75, 3.05) is 26.2 Å². The van der Waals surface area contributed by atoms with Gasteiger partial charge >= 0.3 is 0 Å². The number of carbonyl (C=O) groups is 1. The number of nitrogens with one attached hydrogen (secondary N) is 1. The number of hydrogen-bond acceptors (Lipinski definition) is 3. The van der Waals surface area contributed by atoms with Gasteiger partial charge in [0.1, 0.15) is 5.75 Å². The van der Waals surface area contributed by atoms with E-state index in [-0.39, 0.29) is 12.0 Å². The Morgan fingerprint density at radius 2 is 1.91 bits per heavy atom. The molecule has 23 heavy (non-hydrogen) atoms. The molecule has 0 saturated carbocycles. The molecule has 4 nitrogen and oxygen atoms in total. The lowest BCUT2D eigenvalue weighted by molar-refractivity contribution is -0.138. The quantitative estimate of drug-likeness (QED) is 0.928. The number of benzene rings is 1. The summed E-state index contributed by atoms with van der Waals surface area (Å²) in [6.45, 7) is 8.02. The van der Waals surface area contributed by atoms with Gasteiger partial charge in [-0.1, -0.05) is 25.1 Å². The van der Waals surface area contributed by atoms with E-state index in [4.69, 9.17) is 4.74 Å². The molecule has 4 heteroatoms. The topological polar surface area (TPSA) is 41.6 Å². The Balaban J connectivity index is 1.64. The molecule has 0 radical (unpaired) electrons. The molecule has 1 aromatic rings. The van der Waals surface area contributed by atoms with E-state index in [2.05, 4.69) is 5.32 Å². The Kier molecular flexibility index (Phi) is 5.21. The van der Waals surface area contributed by atoms with Crippen LogP contribution >= 0.6 is 0 Å². The third-order valence-corrected chi connectivity index (χ3v) is 5.34. The fourth-order valence-electron chi connectivity index (χ4n) is 3.79. The highest BCUT2D eigenvalue weighted by Gasteiger charge is 2.33. The van der Waals surface area contributed by atoms with Crippen LogP contribution in [-0.2, 0) is 4.79 Å². The van der Waals surface area contributed by atoms with Crippen LogP contribution in [0.1, 0.15) is 31.7 Å². The number of likely N-dealkylation sites (tertiary alicyclic amines) is 1. The van der Waals surface area contributed by atoms with E-state index in [0.717, 1.165) is 62.2 Å². The predicted octanol–water partition coefficient (Wildman–Crippen LogP) is 2.61. The van der Waals surface area contributed by atoms with E-state index in [1.807, 2.05) is 43.0 Å². The van der Waals surface area contributed by atoms with Crippen molar-refractivity contribution in [1.82, 2.24) is 10.2 Å². The largest absolute Gasteiger partial charge is 0.480 e. The van der Waals surface area contributed by atoms with Gasteiger partial charge in [0, 0.05) is 13.1 Å². The van der Waals surface area contributed by atoms with Crippen LogP contribution in [0.5, 0.6) is 5.75 Å². The number of ether oxygens (including phenoxy) is 1. The Morgan fingerprint density at radius 1 is 1.26 bits per heavy atom. The lowest BCUT2D eigenvalue weighted by Gasteiger charge is -2.26. The molecule has 0 aromatic heterocycles. The highest BCUT2D eigenvalue weighted by molar-refractivity contribution is 5.81. The monoisotopic (exact) mass is 316 g/mol. The van der Waals surface area contributed by atoms with Crippen molar-refractivity contribution in [2.24, 2.45) is 11.8 Å². The summed E-state index contributed by atoms with van der Waals surface area (Å²) in [6.07, 6.45) is 2.57. The van der Waals surface area contributed by atoms with Gasteiger partial charge in [-0.2, -0.15) is 0 Å². The maximum atomic E-state index is 12.9. The first-order chi connectivity index (χ1) is 11.2. The minimum atomic E-state index is -0.368. The van der Waals surface area contributed by atoms with Gasteiger partial charge in [-0.15, -0.1) is 0 Å². The third kappa shape index (κ3) is 3.69. The first-order valence-corrected chi connectivity index (χ1v) is 8.90. The number of para-hydroxylation sites is 1. The summed E-state index contributed by atoms with van der Waals surface area (Å²) in [7, 11) is 0. The molecule has 3 rings (SSSR count). The summed E-state index contributed by atoms with van der Waals surface area (Å²) in [4.78, 5) is 14.9. The average molecular weight is 316 g/mol. The zero-order chi connectivity index (χ0) is 16.2. The van der Waals surface area contributed by atoms with E-state index in [1.54, 1.807) is 0 Å². The van der Waals surface area contributed by atoms with Crippen LogP contribution < -0.4 is 10.1 Å². The molecular weight excluding hydrogens is 288 g/mol. The van der Waals surface area contributed by atoms with Gasteiger partial charge in [-0.3, -0.25) is 4.79 Å². The van der Waals surface area contributed by atoms with Gasteiger partial charge in [-0.25, -0.2) is 0 Å². The number of rotatable bonds is 4. The fraction of sp³-hybridized carbons (Fsp3) is 0.632. The van der Waals surface area contributed by atoms with Crippen molar-refractivity contribution >= 4 is 5.91 Å². The summed E-state index contributed by atoms with van der Waals surface area (Å²) in [5.74, 6) is 2.46. The number of amides is 1. The van der Waals surface area contributed by atoms with E-state index in [1.165, 1.54) is 0 Å². The van der Waals surface area contributed by atoms with Crippen LogP contribution in [0.4, 0.5) is 0 Å². The Hall–Kier alpha value is -1.55. The Morgan fingerprint density at radius 3 is 2.52 bits per heavy atom. The molecule has 0 aliphatic carbocycles. The van der Waals surface area contributed by atoms with Crippen molar-refractivity contribution in [3.8, 4) is 5.75 Å². The fourth-order valence-corrected chi connectivity index (χ4v) is 3.79. The summed E-state index contributed by atoms with van der Waals surface area (Å²) in [6, 6.07) is 7.92. The van der Waals surface area contributed by atoms with Gasteiger partial charge in [0.15, 0.2) is 6.10 Å². The molecule has 2 aliphatic heterocycles. The molecule has 0 bridgehead atoms. The highest BCUT2D eigenvalue weighted by Crippen LogP contribution is 2.28. The van der Waals surface area contributed by atoms with Gasteiger partial charge in [-0.05, 0) is 62.7 Å². The molecule has 2 aliphatic rings. The number of nitrogens with zero attached hydrogens (tertiary/aromatic N) is 1. The number of fused-ring (bicyclic) bond motifs is 1. The highest BCUT2D eigenvalue weighted by atomic mass is 16.5. The molecule has 2 heterocycles. The lowest BCUT2D eigenvalue weighted by Crippen LogP contribution is -2.42. The van der Waals surface area contributed by atoms with Crippen molar-refractivity contribution in [3.63, 3.8) is 0 Å². The lowest BCUT2D eigenvalue weighted by atomic mass is 9.92. The first kappa shape index (κ1) is 16.3. The molecule has 1 unspecified atom stereocenters. The summed E-state index contributed by atoms with van der Waals surface area (Å²) >= 11 is 0. The van der Waals surface area contributed by atoms with Gasteiger partial charge in [0.25, 0.3) is 5.91 Å².